The zero-order valence-corrected chi connectivity index (χ0v) is 81.4. The van der Waals surface area contributed by atoms with Gasteiger partial charge < -0.3 is 24.3 Å². The Morgan fingerprint density at radius 2 is 0.363 bits per heavy atom. The predicted molar refractivity (Wildman–Crippen MR) is 625 cm³/mol. The quantitative estimate of drug-likeness (QED) is 0.0458. The summed E-state index contributed by atoms with van der Waals surface area (Å²) in [5.74, 6) is 0.264. The topological polar surface area (TPSA) is 25.3 Å². The van der Waals surface area contributed by atoms with Crippen LogP contribution in [0.3, 0.4) is 0 Å². The summed E-state index contributed by atoms with van der Waals surface area (Å²) in [6.07, 6.45) is 0. The normalized spacial score (nSPS) is 11.3. The number of hydrogen-bond acceptors (Lipinski definition) is 5. The zero-order chi connectivity index (χ0) is 97.9. The molecule has 1 aliphatic carbocycles. The van der Waals surface area contributed by atoms with E-state index in [4.69, 9.17) is 0 Å². The molecule has 0 fully saturated rings. The van der Waals surface area contributed by atoms with Crippen LogP contribution in [-0.4, -0.2) is 7.98 Å². The molecule has 2 radical (unpaired) electrons. The highest BCUT2D eigenvalue weighted by molar-refractivity contribution is 7.05. The first-order valence-corrected chi connectivity index (χ1v) is 50.1. The van der Waals surface area contributed by atoms with E-state index < -0.39 is 0 Å². The van der Waals surface area contributed by atoms with Crippen LogP contribution in [0.15, 0.2) is 593 Å². The summed E-state index contributed by atoms with van der Waals surface area (Å²) in [7, 11) is 6.97. The van der Waals surface area contributed by atoms with E-state index >= 15 is 0 Å². The third-order valence-electron chi connectivity index (χ3n) is 28.1. The molecule has 0 atom stereocenters. The van der Waals surface area contributed by atoms with Crippen molar-refractivity contribution in [3.05, 3.63) is 605 Å². The van der Waals surface area contributed by atoms with Crippen molar-refractivity contribution >= 4 is 150 Å². The summed E-state index contributed by atoms with van der Waals surface area (Å²) < 4.78 is 2.81. The Kier molecular flexibility index (Phi) is 26.3. The lowest BCUT2D eigenvalue weighted by Crippen LogP contribution is -2.10. The maximum atomic E-state index is 4.39. The van der Waals surface area contributed by atoms with Crippen molar-refractivity contribution in [2.45, 2.75) is 5.92 Å². The molecule has 0 heterocycles. The Bertz CT molecular complexity index is 8410. The van der Waals surface area contributed by atoms with Gasteiger partial charge in [0.05, 0.1) is 11.4 Å². The highest BCUT2D eigenvalue weighted by Gasteiger charge is 2.31. The molecular weight excluding hydrogens is 1780 g/mol. The van der Waals surface area contributed by atoms with Gasteiger partial charge in [-0.05, 0) is 291 Å². The van der Waals surface area contributed by atoms with Crippen molar-refractivity contribution in [2.75, 3.05) is 19.6 Å². The monoisotopic (exact) mass is 1880 g/mol. The highest BCUT2D eigenvalue weighted by Crippen LogP contribution is 2.52. The second-order valence-electron chi connectivity index (χ2n) is 36.6. The minimum absolute atomic E-state index is 0.264. The molecule has 5 nitrogen and oxygen atoms in total. The lowest BCUT2D eigenvalue weighted by molar-refractivity contribution is 1.02. The molecule has 0 N–H and O–H groups in total. The first-order chi connectivity index (χ1) is 72.4. The summed E-state index contributed by atoms with van der Waals surface area (Å²) in [5, 5.41) is 15.1. The van der Waals surface area contributed by atoms with Gasteiger partial charge in [-0.25, -0.2) is 0 Å². The van der Waals surface area contributed by atoms with Gasteiger partial charge in [0.25, 0.3) is 7.98 Å². The standard InChI is InChI=1S/C56H40N2.C44H32N2.C39H26.BHNP/c1-3-17-47(18-4-1)57(51-37-29-45(30-38-51)55-23-11-15-43-13-7-9-21-53(43)55)49-33-25-41(26-34-49)42-27-35-50(36-28-42)58(48-19-5-2-6-20-48)52-39-31-46(32-40-52)56-24-12-16-44-14-8-10-22-54(44)56;1-3-17-37(18-4-1)45(43-23-11-15-35-13-7-9-21-41(35)43)39-29-25-33(26-30-39)34-27-31-40(32-28-34)46(38-19-5-2-6-20-38)44-24-12-16-36-14-8-10-22-42(36)44;1-2-12-26(13-3-1)37-33-18-8-10-20-35(33)39(36-21-11-9-19-34(36)37)28-24-22-27(23-25-28)38-31-16-6-4-14-29(31)30-15-5-7-17-32(30)38;1-2-3/h1-40H;1-32H;1-25,38H;3H. The summed E-state index contributed by atoms with van der Waals surface area (Å²) in [4.78, 5) is 9.33. The largest absolute Gasteiger partial charge is 0.344 e. The number of fused-ring (bicyclic) bond motifs is 9. The minimum Gasteiger partial charge on any atom is -0.344 e. The molecule has 7 heteroatoms. The van der Waals surface area contributed by atoms with E-state index in [0.717, 1.165) is 68.2 Å². The molecule has 0 aromatic heterocycles. The highest BCUT2D eigenvalue weighted by atomic mass is 31.0. The van der Waals surface area contributed by atoms with E-state index in [1.807, 2.05) is 0 Å². The van der Waals surface area contributed by atoms with Crippen LogP contribution >= 0.6 is 9.03 Å². The Hall–Kier alpha value is -18.6. The maximum Gasteiger partial charge on any atom is 0.265 e. The predicted octanol–water partition coefficient (Wildman–Crippen LogP) is 39.4. The number of para-hydroxylation sites is 4. The van der Waals surface area contributed by atoms with E-state index in [1.54, 1.807) is 0 Å². The molecule has 1 aliphatic rings. The van der Waals surface area contributed by atoms with Gasteiger partial charge in [0.15, 0.2) is 0 Å². The second-order valence-corrected chi connectivity index (χ2v) is 36.8. The molecule has 0 aliphatic heterocycles. The molecule has 688 valence electrons. The van der Waals surface area contributed by atoms with Crippen molar-refractivity contribution in [3.8, 4) is 77.9 Å². The van der Waals surface area contributed by atoms with Crippen molar-refractivity contribution < 1.29 is 0 Å². The third-order valence-corrected chi connectivity index (χ3v) is 28.1. The van der Waals surface area contributed by atoms with E-state index in [1.165, 1.54) is 159 Å². The third kappa shape index (κ3) is 18.6. The van der Waals surface area contributed by atoms with E-state index in [2.05, 4.69) is 630 Å². The zero-order valence-electron chi connectivity index (χ0n) is 80.4. The van der Waals surface area contributed by atoms with Crippen LogP contribution in [-0.2, 0) is 0 Å². The molecule has 25 aromatic rings. The van der Waals surface area contributed by atoms with Crippen molar-refractivity contribution in [1.82, 2.24) is 0 Å². The Morgan fingerprint density at radius 3 is 0.685 bits per heavy atom. The van der Waals surface area contributed by atoms with Gasteiger partial charge in [0.1, 0.15) is 0 Å². The summed E-state index contributed by atoms with van der Waals surface area (Å²) in [5.41, 5.74) is 35.0. The van der Waals surface area contributed by atoms with Gasteiger partial charge in [0, 0.05) is 73.6 Å². The number of anilines is 12. The van der Waals surface area contributed by atoms with Gasteiger partial charge >= 0.3 is 0 Å². The lowest BCUT2D eigenvalue weighted by atomic mass is 9.84. The van der Waals surface area contributed by atoms with Crippen LogP contribution < -0.4 is 19.6 Å². The Balaban J connectivity index is 0.000000121. The second kappa shape index (κ2) is 42.1. The number of nitrogens with zero attached hydrogens (tertiary/aromatic N) is 5. The van der Waals surface area contributed by atoms with Crippen LogP contribution in [0.25, 0.3) is 143 Å². The number of benzene rings is 25. The van der Waals surface area contributed by atoms with Gasteiger partial charge in [0.2, 0.25) is 0 Å². The van der Waals surface area contributed by atoms with Crippen LogP contribution in [0.2, 0.25) is 0 Å². The van der Waals surface area contributed by atoms with Gasteiger partial charge in [-0.1, -0.05) is 455 Å². The molecule has 0 bridgehead atoms. The molecular formula is C139H99BN5P. The smallest absolute Gasteiger partial charge is 0.265 e. The van der Waals surface area contributed by atoms with Gasteiger partial charge in [-0.15, -0.1) is 0 Å². The average molecular weight is 1880 g/mol. The first kappa shape index (κ1) is 91.2. The van der Waals surface area contributed by atoms with E-state index in [0.29, 0.717) is 0 Å². The molecule has 0 unspecified atom stereocenters. The summed E-state index contributed by atoms with van der Waals surface area (Å²) >= 11 is 0. The molecule has 25 aromatic carbocycles. The van der Waals surface area contributed by atoms with Crippen LogP contribution in [0.4, 0.5) is 68.2 Å². The van der Waals surface area contributed by atoms with Crippen molar-refractivity contribution in [1.29, 1.82) is 0 Å². The molecule has 0 amide bonds. The minimum atomic E-state index is 0.264. The van der Waals surface area contributed by atoms with Gasteiger partial charge in [-0.2, -0.15) is 0 Å². The fourth-order valence-corrected chi connectivity index (χ4v) is 21.3. The number of hydrogen-bond donors (Lipinski definition) is 0. The average Bonchev–Trinajstić information content (AvgIpc) is 1.07. The van der Waals surface area contributed by atoms with Crippen molar-refractivity contribution in [3.63, 3.8) is 0 Å². The lowest BCUT2D eigenvalue weighted by Gasteiger charge is -2.27. The van der Waals surface area contributed by atoms with E-state index in [9.17, 15) is 0 Å². The first-order valence-electron chi connectivity index (χ1n) is 49.7. The Labute approximate surface area is 856 Å². The van der Waals surface area contributed by atoms with E-state index in [-0.39, 0.29) is 5.92 Å². The van der Waals surface area contributed by atoms with Crippen molar-refractivity contribution in [2.24, 2.45) is 4.66 Å². The fourth-order valence-electron chi connectivity index (χ4n) is 21.3. The van der Waals surface area contributed by atoms with Gasteiger partial charge in [-0.3, -0.25) is 0 Å². The number of rotatable bonds is 19. The molecule has 146 heavy (non-hydrogen) atoms. The Morgan fingerprint density at radius 1 is 0.158 bits per heavy atom. The molecule has 0 saturated carbocycles. The SMILES string of the molecule is [B]N=P.c1ccc(-c2c3ccccc3c(-c3ccc(C4c5ccccc5-c5ccccc54)cc3)c3ccccc23)cc1.c1ccc(N(c2ccc(-c3ccc(N(c4ccccc4)c4ccc(-c5cccc6ccccc56)cc4)cc3)cc2)c2ccc(-c3cccc4ccccc34)cc2)cc1.c1ccc(N(c2ccc(-c3ccc(N(c4ccccc4)c4cccc5ccccc45)cc3)cc2)c2cccc3ccccc23)cc1. The van der Waals surface area contributed by atoms with Crippen LogP contribution in [0.1, 0.15) is 22.6 Å². The maximum absolute atomic E-state index is 4.39. The summed E-state index contributed by atoms with van der Waals surface area (Å²) in [6.45, 7) is 0. The van der Waals surface area contributed by atoms with Crippen LogP contribution in [0.5, 0.6) is 0 Å². The van der Waals surface area contributed by atoms with Crippen LogP contribution in [0, 0.1) is 0 Å². The molecule has 0 saturated heterocycles. The fraction of sp³-hybridized carbons (Fsp3) is 0.00719. The summed E-state index contributed by atoms with van der Waals surface area (Å²) in [6, 6.07) is 212. The molecule has 0 spiro atoms. The molecule has 26 rings (SSSR count).